The molecule has 2 heterocycles. The molecule has 1 saturated carbocycles. The maximum absolute atomic E-state index is 15.6. The molecule has 1 aromatic rings. The van der Waals surface area contributed by atoms with Gasteiger partial charge in [0.1, 0.15) is 23.2 Å². The molecule has 1 saturated heterocycles. The second-order valence-corrected chi connectivity index (χ2v) is 12.5. The Kier molecular flexibility index (Phi) is 10.1. The highest BCUT2D eigenvalue weighted by Crippen LogP contribution is 2.36. The molecule has 232 valence electrons. The number of carbonyl (C=O) groups excluding carboxylic acids is 4. The fourth-order valence-corrected chi connectivity index (χ4v) is 6.31. The molecule has 4 N–H and O–H groups in total. The summed E-state index contributed by atoms with van der Waals surface area (Å²) in [6.07, 6.45) is 4.87. The molecule has 1 aromatic carbocycles. The molecule has 0 aromatic heterocycles. The van der Waals surface area contributed by atoms with Crippen molar-refractivity contribution in [2.75, 3.05) is 13.7 Å². The third-order valence-electron chi connectivity index (χ3n) is 9.11. The molecule has 0 bridgehead atoms. The summed E-state index contributed by atoms with van der Waals surface area (Å²) in [7, 11) is 1.64. The highest BCUT2D eigenvalue weighted by Gasteiger charge is 2.40. The van der Waals surface area contributed by atoms with E-state index >= 15 is 4.39 Å². The number of ether oxygens (including phenoxy) is 3. The van der Waals surface area contributed by atoms with Crippen LogP contribution in [0.4, 0.5) is 4.39 Å². The van der Waals surface area contributed by atoms with Gasteiger partial charge in [-0.3, -0.25) is 19.2 Å². The van der Waals surface area contributed by atoms with Gasteiger partial charge in [-0.25, -0.2) is 4.39 Å². The first-order valence-electron chi connectivity index (χ1n) is 14.9. The molecule has 2 aliphatic heterocycles. The standard InChI is InChI=1S/C31H44FN3O7/c1-30(2,14-15-31(40-3)12-10-20(36)11-13-31)42-26(37)9-8-24(28(34)38)35-18-22-21(29(35)39)7-6-19(27(22)32)17-25-23(33)5-4-16-41-25/h6-7,23-25H,4-5,8-18,33H2,1-3H3,(H2,34,38)/t23-,24-,25+/m0/s1. The number of hydrogen-bond donors (Lipinski definition) is 2. The molecule has 42 heavy (non-hydrogen) atoms. The first-order valence-corrected chi connectivity index (χ1v) is 14.9. The summed E-state index contributed by atoms with van der Waals surface area (Å²) in [5.41, 5.74) is 11.4. The van der Waals surface area contributed by atoms with E-state index in [0.717, 1.165) is 12.8 Å². The number of amides is 2. The Labute approximate surface area is 246 Å². The summed E-state index contributed by atoms with van der Waals surface area (Å²) in [6.45, 7) is 4.06. The van der Waals surface area contributed by atoms with E-state index < -0.39 is 40.8 Å². The lowest BCUT2D eigenvalue weighted by atomic mass is 9.79. The number of nitrogens with two attached hydrogens (primary N) is 2. The van der Waals surface area contributed by atoms with Crippen molar-refractivity contribution in [3.63, 3.8) is 0 Å². The number of methoxy groups -OCH3 is 1. The minimum atomic E-state index is -1.10. The Morgan fingerprint density at radius 1 is 1.24 bits per heavy atom. The molecule has 11 heteroatoms. The van der Waals surface area contributed by atoms with Gasteiger partial charge in [-0.2, -0.15) is 0 Å². The fraction of sp³-hybridized carbons (Fsp3) is 0.677. The molecule has 1 aliphatic carbocycles. The van der Waals surface area contributed by atoms with E-state index in [1.165, 1.54) is 4.90 Å². The Balaban J connectivity index is 1.35. The molecule has 3 atom stereocenters. The molecule has 2 amide bonds. The summed E-state index contributed by atoms with van der Waals surface area (Å²) in [5, 5.41) is 0. The maximum atomic E-state index is 15.6. The predicted molar refractivity (Wildman–Crippen MR) is 152 cm³/mol. The number of Topliss-reactive ketones (excluding diaryl/α,β-unsaturated/α-hetero) is 1. The largest absolute Gasteiger partial charge is 0.460 e. The van der Waals surface area contributed by atoms with Crippen LogP contribution >= 0.6 is 0 Å². The van der Waals surface area contributed by atoms with Gasteiger partial charge in [0, 0.05) is 56.6 Å². The summed E-state index contributed by atoms with van der Waals surface area (Å²) in [5.74, 6) is -2.09. The first kappa shape index (κ1) is 32.0. The van der Waals surface area contributed by atoms with Gasteiger partial charge < -0.3 is 30.6 Å². The lowest BCUT2D eigenvalue weighted by molar-refractivity contribution is -0.159. The summed E-state index contributed by atoms with van der Waals surface area (Å²) >= 11 is 0. The van der Waals surface area contributed by atoms with Crippen LogP contribution in [-0.4, -0.2) is 71.6 Å². The average molecular weight is 590 g/mol. The van der Waals surface area contributed by atoms with Crippen molar-refractivity contribution in [2.24, 2.45) is 11.5 Å². The van der Waals surface area contributed by atoms with Crippen molar-refractivity contribution in [1.29, 1.82) is 0 Å². The van der Waals surface area contributed by atoms with Crippen molar-refractivity contribution in [3.05, 3.63) is 34.6 Å². The molecule has 3 aliphatic rings. The van der Waals surface area contributed by atoms with Crippen LogP contribution in [0.5, 0.6) is 0 Å². The second-order valence-electron chi connectivity index (χ2n) is 12.5. The van der Waals surface area contributed by atoms with Crippen molar-refractivity contribution in [3.8, 4) is 0 Å². The van der Waals surface area contributed by atoms with E-state index in [1.807, 2.05) is 0 Å². The van der Waals surface area contributed by atoms with Crippen LogP contribution in [0.1, 0.15) is 99.5 Å². The third kappa shape index (κ3) is 7.36. The zero-order valence-electron chi connectivity index (χ0n) is 24.9. The van der Waals surface area contributed by atoms with Crippen LogP contribution in [-0.2, 0) is 41.6 Å². The van der Waals surface area contributed by atoms with Crippen molar-refractivity contribution in [1.82, 2.24) is 4.90 Å². The number of esters is 1. The number of rotatable bonds is 12. The highest BCUT2D eigenvalue weighted by atomic mass is 19.1. The van der Waals surface area contributed by atoms with Gasteiger partial charge in [0.2, 0.25) is 5.91 Å². The number of hydrogen-bond acceptors (Lipinski definition) is 8. The van der Waals surface area contributed by atoms with Crippen LogP contribution in [0.3, 0.4) is 0 Å². The number of benzene rings is 1. The maximum Gasteiger partial charge on any atom is 0.306 e. The van der Waals surface area contributed by atoms with Gasteiger partial charge in [0.25, 0.3) is 5.91 Å². The number of primary amides is 1. The predicted octanol–water partition coefficient (Wildman–Crippen LogP) is 3.09. The van der Waals surface area contributed by atoms with E-state index in [0.29, 0.717) is 57.1 Å². The molecular weight excluding hydrogens is 545 g/mol. The topological polar surface area (TPSA) is 151 Å². The van der Waals surface area contributed by atoms with E-state index in [-0.39, 0.29) is 48.4 Å². The highest BCUT2D eigenvalue weighted by molar-refractivity contribution is 6.01. The zero-order chi connectivity index (χ0) is 30.7. The summed E-state index contributed by atoms with van der Waals surface area (Å²) in [6, 6.07) is 1.84. The Morgan fingerprint density at radius 2 is 1.95 bits per heavy atom. The normalized spacial score (nSPS) is 23.0. The number of ketones is 1. The van der Waals surface area contributed by atoms with Crippen molar-refractivity contribution >= 4 is 23.6 Å². The minimum Gasteiger partial charge on any atom is -0.460 e. The van der Waals surface area contributed by atoms with Crippen LogP contribution < -0.4 is 11.5 Å². The van der Waals surface area contributed by atoms with E-state index in [4.69, 9.17) is 25.7 Å². The van der Waals surface area contributed by atoms with Crippen LogP contribution in [0.15, 0.2) is 12.1 Å². The lowest BCUT2D eigenvalue weighted by Gasteiger charge is -2.38. The van der Waals surface area contributed by atoms with Gasteiger partial charge in [-0.1, -0.05) is 6.07 Å². The number of nitrogens with zero attached hydrogens (tertiary/aromatic N) is 1. The summed E-state index contributed by atoms with van der Waals surface area (Å²) in [4.78, 5) is 51.3. The van der Waals surface area contributed by atoms with Gasteiger partial charge in [0.05, 0.1) is 18.2 Å². The van der Waals surface area contributed by atoms with Crippen LogP contribution in [0, 0.1) is 5.82 Å². The number of fused-ring (bicyclic) bond motifs is 1. The van der Waals surface area contributed by atoms with Gasteiger partial charge in [-0.15, -0.1) is 0 Å². The molecule has 0 radical (unpaired) electrons. The Bertz CT molecular complexity index is 1190. The average Bonchev–Trinajstić information content (AvgIpc) is 3.27. The van der Waals surface area contributed by atoms with Gasteiger partial charge in [-0.05, 0) is 70.4 Å². The van der Waals surface area contributed by atoms with E-state index in [2.05, 4.69) is 0 Å². The molecular formula is C31H44FN3O7. The molecule has 10 nitrogen and oxygen atoms in total. The smallest absolute Gasteiger partial charge is 0.306 e. The van der Waals surface area contributed by atoms with Gasteiger partial charge in [0.15, 0.2) is 0 Å². The van der Waals surface area contributed by atoms with Crippen molar-refractivity contribution in [2.45, 2.75) is 120 Å². The third-order valence-corrected chi connectivity index (χ3v) is 9.11. The SMILES string of the molecule is COC1(CCC(C)(C)OC(=O)CC[C@@H](C(N)=O)N2Cc3c(ccc(C[C@H]4OCCC[C@@H]4N)c3F)C2=O)CCC(=O)CC1. The number of halogens is 1. The Morgan fingerprint density at radius 3 is 2.60 bits per heavy atom. The first-order chi connectivity index (χ1) is 19.8. The fourth-order valence-electron chi connectivity index (χ4n) is 6.31. The molecule has 2 fully saturated rings. The van der Waals surface area contributed by atoms with E-state index in [9.17, 15) is 19.2 Å². The minimum absolute atomic E-state index is 0.0483. The number of carbonyl (C=O) groups is 4. The lowest BCUT2D eigenvalue weighted by Crippen LogP contribution is -2.45. The molecule has 0 unspecified atom stereocenters. The van der Waals surface area contributed by atoms with Crippen molar-refractivity contribution < 1.29 is 37.8 Å². The van der Waals surface area contributed by atoms with Crippen LogP contribution in [0.2, 0.25) is 0 Å². The molecule has 0 spiro atoms. The molecule has 4 rings (SSSR count). The van der Waals surface area contributed by atoms with E-state index in [1.54, 1.807) is 33.1 Å². The second kappa shape index (κ2) is 13.2. The Hall–Kier alpha value is -2.89. The summed E-state index contributed by atoms with van der Waals surface area (Å²) < 4.78 is 32.8. The van der Waals surface area contributed by atoms with Gasteiger partial charge >= 0.3 is 5.97 Å². The monoisotopic (exact) mass is 589 g/mol. The zero-order valence-corrected chi connectivity index (χ0v) is 24.9. The van der Waals surface area contributed by atoms with Crippen LogP contribution in [0.25, 0.3) is 0 Å². The quantitative estimate of drug-likeness (QED) is 0.353.